The van der Waals surface area contributed by atoms with Gasteiger partial charge in [0, 0.05) is 53.3 Å². The number of carbonyl (C=O) groups is 5. The smallest absolute Gasteiger partial charge is 0.329 e. The Hall–Kier alpha value is -5.30. The standard InChI is InChI=1S/C27H40N2O8.C14H13N3O4/c1-27(2,28-3)23-6-7-24(22-5-4-8-29-20-22)25(19-23)37-18-17-35-14-13-33-10-9-32-11-12-34-15-16-36-21-26(30)31;18-7-15-9-1-2-10-8(5-9)6-17(14(10)21)11-3-4-12(19)16-13(11)20/h4-8,19-20,28H,9-18,21H2,1-3H3,(H,30,31);1-2,5,7,11H,3-4,6H2,(H,15,18)(H,16,19,20). The molecule has 17 nitrogen and oxygen atoms in total. The van der Waals surface area contributed by atoms with Crippen LogP contribution in [0.2, 0.25) is 0 Å². The first kappa shape index (κ1) is 45.4. The van der Waals surface area contributed by atoms with Crippen molar-refractivity contribution in [2.75, 3.05) is 85.0 Å². The lowest BCUT2D eigenvalue weighted by molar-refractivity contribution is -0.143. The minimum Gasteiger partial charge on any atom is -0.491 e. The van der Waals surface area contributed by atoms with Crippen molar-refractivity contribution in [3.05, 3.63) is 77.6 Å². The van der Waals surface area contributed by atoms with Crippen LogP contribution in [0, 0.1) is 0 Å². The summed E-state index contributed by atoms with van der Waals surface area (Å²) in [5, 5.41) is 16.6. The van der Waals surface area contributed by atoms with Gasteiger partial charge in [-0.05, 0) is 68.8 Å². The fraction of sp³-hybridized carbons (Fsp3) is 0.463. The first-order valence-corrected chi connectivity index (χ1v) is 19.0. The maximum atomic E-state index is 12.4. The zero-order valence-electron chi connectivity index (χ0n) is 33.2. The van der Waals surface area contributed by atoms with E-state index in [2.05, 4.69) is 53.0 Å². The fourth-order valence-corrected chi connectivity index (χ4v) is 5.92. The van der Waals surface area contributed by atoms with Crippen molar-refractivity contribution in [1.29, 1.82) is 0 Å². The lowest BCUT2D eigenvalue weighted by atomic mass is 9.92. The Morgan fingerprint density at radius 2 is 1.53 bits per heavy atom. The lowest BCUT2D eigenvalue weighted by Gasteiger charge is -2.29. The monoisotopic (exact) mass is 807 g/mol. The zero-order valence-corrected chi connectivity index (χ0v) is 33.2. The molecule has 2 aliphatic rings. The molecule has 0 bridgehead atoms. The Kier molecular flexibility index (Phi) is 18.6. The van der Waals surface area contributed by atoms with Gasteiger partial charge in [-0.25, -0.2) is 4.79 Å². The van der Waals surface area contributed by atoms with Gasteiger partial charge in [0.25, 0.3) is 5.91 Å². The number of carboxylic acid groups (broad SMARTS) is 1. The van der Waals surface area contributed by atoms with Crippen LogP contribution in [0.3, 0.4) is 0 Å². The number of piperidine rings is 1. The number of imide groups is 1. The molecule has 1 aromatic heterocycles. The van der Waals surface area contributed by atoms with Gasteiger partial charge >= 0.3 is 5.97 Å². The highest BCUT2D eigenvalue weighted by Crippen LogP contribution is 2.34. The number of amides is 4. The van der Waals surface area contributed by atoms with Crippen LogP contribution in [-0.2, 0) is 54.9 Å². The molecule has 5 rings (SSSR count). The lowest BCUT2D eigenvalue weighted by Crippen LogP contribution is -2.52. The SMILES string of the molecule is CNC(C)(C)c1ccc(-c2cccnc2)c(OCCOCCOCCOCCOCCOCC(=O)O)c1.O=CNc1ccc2c(c1)CN(C1CCC(=O)NC1=O)C2=O. The van der Waals surface area contributed by atoms with E-state index in [-0.39, 0.29) is 37.0 Å². The van der Waals surface area contributed by atoms with E-state index in [0.29, 0.717) is 90.1 Å². The minimum atomic E-state index is -0.993. The van der Waals surface area contributed by atoms with Gasteiger partial charge in [-0.3, -0.25) is 29.5 Å². The van der Waals surface area contributed by atoms with Gasteiger partial charge in [0.15, 0.2) is 0 Å². The number of carbonyl (C=O) groups excluding carboxylic acids is 4. The number of rotatable bonds is 24. The van der Waals surface area contributed by atoms with Crippen LogP contribution in [0.4, 0.5) is 5.69 Å². The normalized spacial score (nSPS) is 15.0. The summed E-state index contributed by atoms with van der Waals surface area (Å²) in [6, 6.07) is 14.5. The van der Waals surface area contributed by atoms with E-state index in [1.807, 2.05) is 25.4 Å². The number of pyridine rings is 1. The molecule has 1 unspecified atom stereocenters. The van der Waals surface area contributed by atoms with Crippen molar-refractivity contribution in [2.24, 2.45) is 0 Å². The summed E-state index contributed by atoms with van der Waals surface area (Å²) in [5.74, 6) is -1.16. The first-order chi connectivity index (χ1) is 28.0. The highest BCUT2D eigenvalue weighted by atomic mass is 16.6. The second-order valence-electron chi connectivity index (χ2n) is 13.6. The van der Waals surface area contributed by atoms with Crippen molar-refractivity contribution >= 4 is 35.8 Å². The molecule has 4 N–H and O–H groups in total. The Labute approximate surface area is 337 Å². The summed E-state index contributed by atoms with van der Waals surface area (Å²) in [4.78, 5) is 61.9. The third-order valence-corrected chi connectivity index (χ3v) is 9.25. The van der Waals surface area contributed by atoms with Crippen LogP contribution in [0.25, 0.3) is 11.1 Å². The predicted molar refractivity (Wildman–Crippen MR) is 211 cm³/mol. The summed E-state index contributed by atoms with van der Waals surface area (Å²) >= 11 is 0. The molecule has 3 heterocycles. The molecule has 2 aromatic carbocycles. The van der Waals surface area contributed by atoms with Gasteiger partial charge in [-0.2, -0.15) is 0 Å². The molecule has 58 heavy (non-hydrogen) atoms. The van der Waals surface area contributed by atoms with Gasteiger partial charge < -0.3 is 49.1 Å². The maximum Gasteiger partial charge on any atom is 0.329 e. The van der Waals surface area contributed by atoms with Gasteiger partial charge in [0.2, 0.25) is 18.2 Å². The molecular formula is C41H53N5O12. The van der Waals surface area contributed by atoms with Crippen molar-refractivity contribution in [3.8, 4) is 16.9 Å². The molecule has 0 aliphatic carbocycles. The molecule has 4 amide bonds. The number of aromatic nitrogens is 1. The largest absolute Gasteiger partial charge is 0.491 e. The molecule has 3 aromatic rings. The quantitative estimate of drug-likeness (QED) is 0.0583. The number of benzene rings is 2. The topological polar surface area (TPSA) is 213 Å². The number of ether oxygens (including phenoxy) is 6. The van der Waals surface area contributed by atoms with Crippen LogP contribution in [0.1, 0.15) is 48.2 Å². The minimum absolute atomic E-state index is 0.186. The number of hydrogen-bond acceptors (Lipinski definition) is 13. The molecule has 17 heteroatoms. The van der Waals surface area contributed by atoms with Gasteiger partial charge in [0.1, 0.15) is 25.0 Å². The number of aliphatic carboxylic acids is 1. The number of fused-ring (bicyclic) bond motifs is 1. The zero-order chi connectivity index (χ0) is 41.8. The Balaban J connectivity index is 0.000000297. The Morgan fingerprint density at radius 1 is 0.897 bits per heavy atom. The van der Waals surface area contributed by atoms with Crippen LogP contribution in [0.15, 0.2) is 60.9 Å². The third-order valence-electron chi connectivity index (χ3n) is 9.25. The van der Waals surface area contributed by atoms with E-state index >= 15 is 0 Å². The van der Waals surface area contributed by atoms with Crippen LogP contribution < -0.4 is 20.7 Å². The molecule has 1 saturated heterocycles. The van der Waals surface area contributed by atoms with E-state index in [4.69, 9.17) is 33.5 Å². The fourth-order valence-electron chi connectivity index (χ4n) is 5.92. The van der Waals surface area contributed by atoms with E-state index in [1.54, 1.807) is 24.4 Å². The molecule has 1 atom stereocenters. The molecule has 0 radical (unpaired) electrons. The number of anilines is 1. The average molecular weight is 808 g/mol. The van der Waals surface area contributed by atoms with Gasteiger partial charge in [0.05, 0.1) is 59.5 Å². The highest BCUT2D eigenvalue weighted by Gasteiger charge is 2.39. The molecule has 1 fully saturated rings. The number of carboxylic acids is 1. The van der Waals surface area contributed by atoms with E-state index in [0.717, 1.165) is 28.0 Å². The summed E-state index contributed by atoms with van der Waals surface area (Å²) < 4.78 is 32.8. The van der Waals surface area contributed by atoms with E-state index in [9.17, 15) is 24.0 Å². The van der Waals surface area contributed by atoms with Crippen LogP contribution in [0.5, 0.6) is 5.75 Å². The number of nitrogens with one attached hydrogen (secondary N) is 3. The molecule has 314 valence electrons. The summed E-state index contributed by atoms with van der Waals surface area (Å²) in [7, 11) is 1.94. The third kappa shape index (κ3) is 14.3. The van der Waals surface area contributed by atoms with Gasteiger partial charge in [-0.15, -0.1) is 0 Å². The molecule has 2 aliphatic heterocycles. The summed E-state index contributed by atoms with van der Waals surface area (Å²) in [5.41, 5.74) is 4.82. The van der Waals surface area contributed by atoms with Crippen molar-refractivity contribution < 1.29 is 57.5 Å². The predicted octanol–water partition coefficient (Wildman–Crippen LogP) is 2.77. The first-order valence-electron chi connectivity index (χ1n) is 19.0. The molecular weight excluding hydrogens is 754 g/mol. The van der Waals surface area contributed by atoms with Crippen LogP contribution >= 0.6 is 0 Å². The Morgan fingerprint density at radius 3 is 2.12 bits per heavy atom. The van der Waals surface area contributed by atoms with Crippen molar-refractivity contribution in [3.63, 3.8) is 0 Å². The maximum absolute atomic E-state index is 12.4. The Bertz CT molecular complexity index is 1810. The highest BCUT2D eigenvalue weighted by molar-refractivity contribution is 6.05. The van der Waals surface area contributed by atoms with Crippen molar-refractivity contribution in [2.45, 2.75) is 44.8 Å². The molecule has 0 saturated carbocycles. The average Bonchev–Trinajstić information content (AvgIpc) is 3.54. The summed E-state index contributed by atoms with van der Waals surface area (Å²) in [6.45, 7) is 8.37. The second kappa shape index (κ2) is 23.8. The van der Waals surface area contributed by atoms with Gasteiger partial charge in [-0.1, -0.05) is 18.2 Å². The van der Waals surface area contributed by atoms with Crippen LogP contribution in [-0.4, -0.2) is 131 Å². The second-order valence-corrected chi connectivity index (χ2v) is 13.6. The van der Waals surface area contributed by atoms with E-state index < -0.39 is 17.9 Å². The van der Waals surface area contributed by atoms with Crippen molar-refractivity contribution in [1.82, 2.24) is 20.5 Å². The van der Waals surface area contributed by atoms with E-state index in [1.165, 1.54) is 4.90 Å². The molecule has 0 spiro atoms. The number of hydrogen-bond donors (Lipinski definition) is 4. The number of nitrogens with zero attached hydrogens (tertiary/aromatic N) is 2. The summed E-state index contributed by atoms with van der Waals surface area (Å²) in [6.07, 6.45) is 4.72.